The van der Waals surface area contributed by atoms with Gasteiger partial charge in [-0.05, 0) is 98.5 Å². The van der Waals surface area contributed by atoms with Crippen molar-refractivity contribution < 1.29 is 0 Å². The van der Waals surface area contributed by atoms with Gasteiger partial charge < -0.3 is 9.97 Å². The molecule has 53 heavy (non-hydrogen) atoms. The van der Waals surface area contributed by atoms with Crippen LogP contribution in [0.4, 0.5) is 0 Å². The molecule has 0 unspecified atom stereocenters. The van der Waals surface area contributed by atoms with Crippen molar-refractivity contribution in [1.29, 1.82) is 0 Å². The molecule has 0 atom stereocenters. The molecular formula is C48H39N5. The number of hydrogen-bond donors (Lipinski definition) is 3. The molecule has 0 aliphatic rings. The molecule has 5 nitrogen and oxygen atoms in total. The Balaban J connectivity index is 1.54. The van der Waals surface area contributed by atoms with Crippen molar-refractivity contribution >= 4 is 44.1 Å². The molecule has 0 radical (unpaired) electrons. The number of fused-ring (bicyclic) bond motifs is 4. The summed E-state index contributed by atoms with van der Waals surface area (Å²) in [5, 5.41) is 4.06. The molecule has 0 saturated heterocycles. The molecular weight excluding hydrogens is 647 g/mol. The number of aromatic nitrogens is 5. The molecule has 6 bridgehead atoms. The number of hydrogen-bond acceptors (Lipinski definition) is 0. The third kappa shape index (κ3) is 5.07. The smallest absolute Gasteiger partial charge is 0.0746 e. The van der Waals surface area contributed by atoms with Crippen molar-refractivity contribution in [2.75, 3.05) is 0 Å². The van der Waals surface area contributed by atoms with Crippen LogP contribution in [0.3, 0.4) is 0 Å². The van der Waals surface area contributed by atoms with Gasteiger partial charge in [-0.1, -0.05) is 119 Å². The Hall–Kier alpha value is -6.72. The molecule has 0 amide bonds. The second kappa shape index (κ2) is 11.9. The summed E-state index contributed by atoms with van der Waals surface area (Å²) in [5.41, 5.74) is 22.4. The van der Waals surface area contributed by atoms with E-state index in [1.807, 2.05) is 0 Å². The highest BCUT2D eigenvalue weighted by atomic mass is 15.4. The van der Waals surface area contributed by atoms with Gasteiger partial charge >= 0.3 is 0 Å². The molecule has 6 heterocycles. The van der Waals surface area contributed by atoms with Crippen molar-refractivity contribution in [3.05, 3.63) is 168 Å². The number of aromatic amines is 3. The van der Waals surface area contributed by atoms with Crippen molar-refractivity contribution in [2.45, 2.75) is 27.7 Å². The number of benzene rings is 4. The minimum Gasteiger partial charge on any atom is -0.354 e. The molecule has 6 aromatic heterocycles. The van der Waals surface area contributed by atoms with E-state index in [4.69, 9.17) is 0 Å². The number of H-pyrrole nitrogens is 3. The van der Waals surface area contributed by atoms with E-state index in [9.17, 15) is 0 Å². The highest BCUT2D eigenvalue weighted by Gasteiger charge is 2.19. The Morgan fingerprint density at radius 1 is 0.321 bits per heavy atom. The predicted molar refractivity (Wildman–Crippen MR) is 222 cm³/mol. The highest BCUT2D eigenvalue weighted by Crippen LogP contribution is 2.39. The second-order valence-corrected chi connectivity index (χ2v) is 14.5. The lowest BCUT2D eigenvalue weighted by atomic mass is 10.0. The summed E-state index contributed by atoms with van der Waals surface area (Å²) < 4.78 is 4.59. The fraction of sp³-hybridized carbons (Fsp3) is 0.0833. The van der Waals surface area contributed by atoms with Crippen LogP contribution in [0, 0.1) is 27.7 Å². The Labute approximate surface area is 307 Å². The lowest BCUT2D eigenvalue weighted by molar-refractivity contribution is 0.810. The Morgan fingerprint density at radius 3 is 0.830 bits per heavy atom. The summed E-state index contributed by atoms with van der Waals surface area (Å²) in [7, 11) is 0. The Bertz CT molecular complexity index is 2710. The van der Waals surface area contributed by atoms with E-state index in [0.717, 1.165) is 88.6 Å². The van der Waals surface area contributed by atoms with Crippen LogP contribution in [-0.2, 0) is 0 Å². The van der Waals surface area contributed by atoms with Gasteiger partial charge in [0.25, 0.3) is 0 Å². The summed E-state index contributed by atoms with van der Waals surface area (Å²) >= 11 is 0. The van der Waals surface area contributed by atoms with Crippen LogP contribution in [-0.4, -0.2) is 24.2 Å². The Kier molecular flexibility index (Phi) is 6.99. The standard InChI is InChI=1S/C48H39N5/c1-29-9-5-13-33(25-29)45-37-17-18-38(49-37)46(34-14-6-10-30(2)26-34)43-23-24-44-48(36-16-8-12-32(4)28-36)40-20-19-39(50-40)47(35-15-7-11-31(3)27-35)42-22-21-41(45)52(42)51-53(43)44/h5-28,49-51H,1-4H3. The Morgan fingerprint density at radius 2 is 0.585 bits per heavy atom. The van der Waals surface area contributed by atoms with E-state index in [2.05, 4.69) is 197 Å². The average Bonchev–Trinajstić information content (AvgIpc) is 3.96. The maximum Gasteiger partial charge on any atom is 0.0746 e. The van der Waals surface area contributed by atoms with Crippen molar-refractivity contribution in [3.63, 3.8) is 0 Å². The third-order valence-corrected chi connectivity index (χ3v) is 10.7. The quantitative estimate of drug-likeness (QED) is 0.165. The SMILES string of the molecule is Cc1cccc(-c2c3ccc([nH]3)c(-c3cccc(C)c3)c3ccc4c(-c5cccc(C)c5)c5ccc([nH]5)c(-c5cccc(C)c5)c5ccc2n5[nH]n34)c1. The zero-order chi connectivity index (χ0) is 35.8. The normalized spacial score (nSPS) is 11.8. The minimum absolute atomic E-state index is 1.05. The van der Waals surface area contributed by atoms with E-state index in [1.165, 1.54) is 22.3 Å². The topological polar surface area (TPSA) is 56.2 Å². The van der Waals surface area contributed by atoms with Crippen LogP contribution < -0.4 is 0 Å². The van der Waals surface area contributed by atoms with Gasteiger partial charge in [-0.2, -0.15) is 0 Å². The summed E-state index contributed by atoms with van der Waals surface area (Å²) in [6, 6.07) is 53.3. The van der Waals surface area contributed by atoms with Gasteiger partial charge in [-0.25, -0.2) is 14.2 Å². The van der Waals surface area contributed by atoms with Crippen molar-refractivity contribution in [2.24, 2.45) is 0 Å². The van der Waals surface area contributed by atoms with Gasteiger partial charge in [0.15, 0.2) is 0 Å². The summed E-state index contributed by atoms with van der Waals surface area (Å²) in [5.74, 6) is 0. The molecule has 256 valence electrons. The fourth-order valence-electron chi connectivity index (χ4n) is 8.31. The average molecular weight is 686 g/mol. The monoisotopic (exact) mass is 685 g/mol. The van der Waals surface area contributed by atoms with Crippen molar-refractivity contribution in [1.82, 2.24) is 24.2 Å². The molecule has 10 aromatic rings. The largest absolute Gasteiger partial charge is 0.354 e. The molecule has 3 N–H and O–H groups in total. The molecule has 0 aliphatic heterocycles. The molecule has 0 saturated carbocycles. The second-order valence-electron chi connectivity index (χ2n) is 14.5. The van der Waals surface area contributed by atoms with Crippen LogP contribution in [0.15, 0.2) is 146 Å². The summed E-state index contributed by atoms with van der Waals surface area (Å²) in [4.78, 5) is 7.87. The van der Waals surface area contributed by atoms with Gasteiger partial charge in [0.05, 0.1) is 22.1 Å². The first kappa shape index (κ1) is 31.1. The van der Waals surface area contributed by atoms with Gasteiger partial charge in [-0.15, -0.1) is 0 Å². The summed E-state index contributed by atoms with van der Waals surface area (Å²) in [6.45, 7) is 8.65. The van der Waals surface area contributed by atoms with Gasteiger partial charge in [-0.3, -0.25) is 0 Å². The zero-order valence-electron chi connectivity index (χ0n) is 30.3. The van der Waals surface area contributed by atoms with Gasteiger partial charge in [0.2, 0.25) is 0 Å². The van der Waals surface area contributed by atoms with E-state index in [0.29, 0.717) is 0 Å². The zero-order valence-corrected chi connectivity index (χ0v) is 30.3. The van der Waals surface area contributed by atoms with Crippen molar-refractivity contribution in [3.8, 4) is 44.5 Å². The van der Waals surface area contributed by atoms with E-state index >= 15 is 0 Å². The summed E-state index contributed by atoms with van der Waals surface area (Å²) in [6.07, 6.45) is 0. The molecule has 10 rings (SSSR count). The minimum atomic E-state index is 1.05. The fourth-order valence-corrected chi connectivity index (χ4v) is 8.31. The van der Waals surface area contributed by atoms with Crippen LogP contribution in [0.1, 0.15) is 22.3 Å². The van der Waals surface area contributed by atoms with Crippen LogP contribution in [0.2, 0.25) is 0 Å². The first-order valence-electron chi connectivity index (χ1n) is 18.3. The van der Waals surface area contributed by atoms with Crippen LogP contribution in [0.5, 0.6) is 0 Å². The lowest BCUT2D eigenvalue weighted by Gasteiger charge is -2.13. The van der Waals surface area contributed by atoms with Crippen LogP contribution in [0.25, 0.3) is 88.6 Å². The molecule has 0 aliphatic carbocycles. The third-order valence-electron chi connectivity index (χ3n) is 10.7. The molecule has 0 spiro atoms. The lowest BCUT2D eigenvalue weighted by Crippen LogP contribution is -2.01. The van der Waals surface area contributed by atoms with E-state index < -0.39 is 0 Å². The maximum absolute atomic E-state index is 4.06. The molecule has 0 fully saturated rings. The first-order chi connectivity index (χ1) is 25.9. The maximum atomic E-state index is 4.06. The van der Waals surface area contributed by atoms with Gasteiger partial charge in [0.1, 0.15) is 0 Å². The number of nitrogens with one attached hydrogen (secondary N) is 3. The van der Waals surface area contributed by atoms with E-state index in [1.54, 1.807) is 0 Å². The highest BCUT2D eigenvalue weighted by molar-refractivity contribution is 6.03. The number of nitrogens with zero attached hydrogens (tertiary/aromatic N) is 2. The first-order valence-corrected chi connectivity index (χ1v) is 18.3. The number of aryl methyl sites for hydroxylation is 4. The van der Waals surface area contributed by atoms with Crippen LogP contribution >= 0.6 is 0 Å². The molecule has 4 aromatic carbocycles. The number of rotatable bonds is 4. The molecule has 5 heteroatoms. The van der Waals surface area contributed by atoms with E-state index in [-0.39, 0.29) is 0 Å². The predicted octanol–water partition coefficient (Wildman–Crippen LogP) is 12.7. The van der Waals surface area contributed by atoms with Gasteiger partial charge in [0, 0.05) is 44.3 Å².